The van der Waals surface area contributed by atoms with E-state index in [9.17, 15) is 9.90 Å². The van der Waals surface area contributed by atoms with Crippen LogP contribution in [0.2, 0.25) is 0 Å². The van der Waals surface area contributed by atoms with Crippen molar-refractivity contribution in [2.24, 2.45) is 0 Å². The van der Waals surface area contributed by atoms with E-state index in [-0.39, 0.29) is 6.10 Å². The van der Waals surface area contributed by atoms with Crippen molar-refractivity contribution in [3.05, 3.63) is 119 Å². The normalized spacial score (nSPS) is 17.8. The van der Waals surface area contributed by atoms with Crippen LogP contribution in [0.4, 0.5) is 0 Å². The van der Waals surface area contributed by atoms with Gasteiger partial charge in [0.15, 0.2) is 0 Å². The van der Waals surface area contributed by atoms with Crippen LogP contribution in [-0.4, -0.2) is 30.3 Å². The maximum Gasteiger partial charge on any atom is 0.335 e. The van der Waals surface area contributed by atoms with Crippen molar-refractivity contribution >= 4 is 16.7 Å². The molecule has 2 N–H and O–H groups in total. The van der Waals surface area contributed by atoms with E-state index >= 15 is 0 Å². The lowest BCUT2D eigenvalue weighted by Crippen LogP contribution is -2.40. The Balaban J connectivity index is 1.18. The number of nitrogens with one attached hydrogen (secondary N) is 1. The number of rotatable bonds is 9. The van der Waals surface area contributed by atoms with Crippen molar-refractivity contribution in [3.8, 4) is 0 Å². The first-order chi connectivity index (χ1) is 17.7. The van der Waals surface area contributed by atoms with Crippen molar-refractivity contribution in [2.45, 2.75) is 44.3 Å². The monoisotopic (exact) mass is 479 g/mol. The molecule has 0 aliphatic carbocycles. The molecule has 0 amide bonds. The van der Waals surface area contributed by atoms with Gasteiger partial charge in [0, 0.05) is 12.5 Å². The summed E-state index contributed by atoms with van der Waals surface area (Å²) in [6.45, 7) is 2.48. The van der Waals surface area contributed by atoms with Gasteiger partial charge >= 0.3 is 5.97 Å². The summed E-state index contributed by atoms with van der Waals surface area (Å²) in [5, 5.41) is 15.4. The van der Waals surface area contributed by atoms with Gasteiger partial charge in [-0.15, -0.1) is 0 Å². The van der Waals surface area contributed by atoms with Gasteiger partial charge in [-0.1, -0.05) is 78.9 Å². The molecule has 0 spiro atoms. The van der Waals surface area contributed by atoms with Gasteiger partial charge < -0.3 is 15.2 Å². The van der Waals surface area contributed by atoms with Gasteiger partial charge in [0.25, 0.3) is 0 Å². The van der Waals surface area contributed by atoms with Crippen LogP contribution < -0.4 is 5.32 Å². The van der Waals surface area contributed by atoms with Crippen LogP contribution in [0, 0.1) is 0 Å². The van der Waals surface area contributed by atoms with Crippen molar-refractivity contribution < 1.29 is 14.6 Å². The first-order valence-electron chi connectivity index (χ1n) is 12.9. The molecule has 5 rings (SSSR count). The van der Waals surface area contributed by atoms with Crippen LogP contribution in [0.25, 0.3) is 10.8 Å². The highest BCUT2D eigenvalue weighted by molar-refractivity contribution is 5.89. The largest absolute Gasteiger partial charge is 0.478 e. The quantitative estimate of drug-likeness (QED) is 0.293. The molecule has 1 heterocycles. The van der Waals surface area contributed by atoms with Crippen LogP contribution in [0.5, 0.6) is 0 Å². The van der Waals surface area contributed by atoms with E-state index in [1.165, 1.54) is 27.5 Å². The summed E-state index contributed by atoms with van der Waals surface area (Å²) < 4.78 is 6.45. The average Bonchev–Trinajstić information content (AvgIpc) is 2.92. The molecule has 184 valence electrons. The minimum absolute atomic E-state index is 0.142. The summed E-state index contributed by atoms with van der Waals surface area (Å²) in [7, 11) is 0. The number of hydrogen-bond acceptors (Lipinski definition) is 3. The predicted octanol–water partition coefficient (Wildman–Crippen LogP) is 6.38. The first-order valence-corrected chi connectivity index (χ1v) is 12.9. The summed E-state index contributed by atoms with van der Waals surface area (Å²) in [6.07, 6.45) is 3.83. The van der Waals surface area contributed by atoms with Crippen molar-refractivity contribution in [2.75, 3.05) is 13.1 Å². The lowest BCUT2D eigenvalue weighted by atomic mass is 9.87. The number of hydrogen-bond donors (Lipinski definition) is 2. The highest BCUT2D eigenvalue weighted by Gasteiger charge is 2.27. The molecule has 36 heavy (non-hydrogen) atoms. The fraction of sp³-hybridized carbons (Fsp3) is 0.281. The number of carboxylic acids is 1. The summed E-state index contributed by atoms with van der Waals surface area (Å²) in [5.41, 5.74) is 5.14. The van der Waals surface area contributed by atoms with E-state index in [1.54, 1.807) is 12.1 Å². The number of carbonyl (C=O) groups is 1. The fourth-order valence-corrected chi connectivity index (χ4v) is 5.28. The molecule has 0 bridgehead atoms. The average molecular weight is 480 g/mol. The standard InChI is InChI=1S/C32H33NO3/c34-32(35)30-11-4-3-8-26(30)10-5-6-23-12-16-27(17-13-23)29-18-19-33-21-31(29)36-22-24-14-15-25-7-1-2-9-28(25)20-24/h1-4,7-9,11-17,20,29,31,33H,5-6,10,18-19,21-22H2,(H,34,35). The molecule has 2 unspecified atom stereocenters. The maximum absolute atomic E-state index is 11.4. The molecule has 4 nitrogen and oxygen atoms in total. The molecule has 1 saturated heterocycles. The van der Waals surface area contributed by atoms with Gasteiger partial charge in [0.05, 0.1) is 18.3 Å². The zero-order chi connectivity index (χ0) is 24.7. The van der Waals surface area contributed by atoms with Gasteiger partial charge in [0.2, 0.25) is 0 Å². The fourth-order valence-electron chi connectivity index (χ4n) is 5.28. The highest BCUT2D eigenvalue weighted by Crippen LogP contribution is 2.29. The molecule has 2 atom stereocenters. The molecular formula is C32H33NO3. The molecule has 0 saturated carbocycles. The van der Waals surface area contributed by atoms with E-state index in [4.69, 9.17) is 4.74 Å². The van der Waals surface area contributed by atoms with Crippen LogP contribution in [-0.2, 0) is 24.2 Å². The molecule has 4 aromatic rings. The zero-order valence-electron chi connectivity index (χ0n) is 20.5. The Bertz CT molecular complexity index is 1310. The van der Waals surface area contributed by atoms with Gasteiger partial charge in [-0.2, -0.15) is 0 Å². The van der Waals surface area contributed by atoms with Gasteiger partial charge in [-0.3, -0.25) is 0 Å². The second-order valence-corrected chi connectivity index (χ2v) is 9.69. The minimum atomic E-state index is -0.852. The van der Waals surface area contributed by atoms with Crippen LogP contribution in [0.15, 0.2) is 91.0 Å². The lowest BCUT2D eigenvalue weighted by molar-refractivity contribution is 0.0106. The van der Waals surface area contributed by atoms with Crippen LogP contribution >= 0.6 is 0 Å². The summed E-state index contributed by atoms with van der Waals surface area (Å²) in [6, 6.07) is 31.2. The third-order valence-electron chi connectivity index (χ3n) is 7.27. The first kappa shape index (κ1) is 24.2. The topological polar surface area (TPSA) is 58.6 Å². The number of aryl methyl sites for hydroxylation is 2. The Labute approximate surface area is 212 Å². The van der Waals surface area contributed by atoms with E-state index in [0.717, 1.165) is 44.3 Å². The number of fused-ring (bicyclic) bond motifs is 1. The highest BCUT2D eigenvalue weighted by atomic mass is 16.5. The zero-order valence-corrected chi connectivity index (χ0v) is 20.5. The van der Waals surface area contributed by atoms with Crippen molar-refractivity contribution in [3.63, 3.8) is 0 Å². The van der Waals surface area contributed by atoms with Gasteiger partial charge in [-0.05, 0) is 77.4 Å². The second kappa shape index (κ2) is 11.5. The summed E-state index contributed by atoms with van der Waals surface area (Å²) >= 11 is 0. The van der Waals surface area contributed by atoms with Crippen LogP contribution in [0.3, 0.4) is 0 Å². The SMILES string of the molecule is O=C(O)c1ccccc1CCCc1ccc(C2CCNCC2OCc2ccc3ccccc3c2)cc1. The molecule has 1 aliphatic rings. The van der Waals surface area contributed by atoms with Gasteiger partial charge in [-0.25, -0.2) is 4.79 Å². The smallest absolute Gasteiger partial charge is 0.335 e. The lowest BCUT2D eigenvalue weighted by Gasteiger charge is -2.32. The van der Waals surface area contributed by atoms with E-state index < -0.39 is 5.97 Å². The van der Waals surface area contributed by atoms with Crippen molar-refractivity contribution in [1.29, 1.82) is 0 Å². The Kier molecular flexibility index (Phi) is 7.75. The Morgan fingerprint density at radius 3 is 2.44 bits per heavy atom. The van der Waals surface area contributed by atoms with Crippen molar-refractivity contribution in [1.82, 2.24) is 5.32 Å². The Hall–Kier alpha value is -3.47. The number of piperidine rings is 1. The van der Waals surface area contributed by atoms with E-state index in [0.29, 0.717) is 18.1 Å². The third-order valence-corrected chi connectivity index (χ3v) is 7.27. The molecule has 0 aromatic heterocycles. The number of benzene rings is 4. The second-order valence-electron chi connectivity index (χ2n) is 9.69. The molecule has 4 aromatic carbocycles. The Morgan fingerprint density at radius 1 is 0.861 bits per heavy atom. The molecule has 0 radical (unpaired) electrons. The molecule has 1 aliphatic heterocycles. The van der Waals surface area contributed by atoms with E-state index in [2.05, 4.69) is 72.0 Å². The number of carboxylic acid groups (broad SMARTS) is 1. The minimum Gasteiger partial charge on any atom is -0.478 e. The Morgan fingerprint density at radius 2 is 1.61 bits per heavy atom. The number of aromatic carboxylic acids is 1. The summed E-state index contributed by atoms with van der Waals surface area (Å²) in [5.74, 6) is -0.475. The maximum atomic E-state index is 11.4. The molecule has 4 heteroatoms. The summed E-state index contributed by atoms with van der Waals surface area (Å²) in [4.78, 5) is 11.4. The predicted molar refractivity (Wildman–Crippen MR) is 145 cm³/mol. The molecule has 1 fully saturated rings. The number of ether oxygens (including phenoxy) is 1. The van der Waals surface area contributed by atoms with E-state index in [1.807, 2.05) is 12.1 Å². The third kappa shape index (κ3) is 5.84. The molecular weight excluding hydrogens is 446 g/mol. The van der Waals surface area contributed by atoms with Gasteiger partial charge in [0.1, 0.15) is 0 Å². The van der Waals surface area contributed by atoms with Crippen LogP contribution in [0.1, 0.15) is 51.4 Å².